The molecule has 1 aromatic carbocycles. The minimum Gasteiger partial charge on any atom is -0.465 e. The van der Waals surface area contributed by atoms with Crippen LogP contribution in [0.25, 0.3) is 0 Å². The average molecular weight is 275 g/mol. The molecule has 1 aromatic rings. The SMILES string of the molecule is COC(=O)c1cccc(NCCC2CCCCC2)c1C. The van der Waals surface area contributed by atoms with Gasteiger partial charge in [0.25, 0.3) is 0 Å². The fourth-order valence-electron chi connectivity index (χ4n) is 3.05. The van der Waals surface area contributed by atoms with Crippen molar-refractivity contribution in [3.8, 4) is 0 Å². The van der Waals surface area contributed by atoms with Gasteiger partial charge in [-0.1, -0.05) is 38.2 Å². The van der Waals surface area contributed by atoms with E-state index in [9.17, 15) is 4.79 Å². The quantitative estimate of drug-likeness (QED) is 0.820. The first-order valence-electron chi connectivity index (χ1n) is 7.64. The van der Waals surface area contributed by atoms with E-state index in [-0.39, 0.29) is 5.97 Å². The van der Waals surface area contributed by atoms with Crippen LogP contribution in [-0.4, -0.2) is 19.6 Å². The smallest absolute Gasteiger partial charge is 0.338 e. The molecule has 0 bridgehead atoms. The molecule has 1 aliphatic rings. The number of methoxy groups -OCH3 is 1. The van der Waals surface area contributed by atoms with Gasteiger partial charge in [0.15, 0.2) is 0 Å². The Morgan fingerprint density at radius 3 is 2.75 bits per heavy atom. The van der Waals surface area contributed by atoms with E-state index in [1.807, 2.05) is 25.1 Å². The lowest BCUT2D eigenvalue weighted by molar-refractivity contribution is 0.0600. The van der Waals surface area contributed by atoms with Crippen molar-refractivity contribution < 1.29 is 9.53 Å². The second kappa shape index (κ2) is 7.32. The van der Waals surface area contributed by atoms with E-state index in [1.165, 1.54) is 45.6 Å². The number of nitrogens with one attached hydrogen (secondary N) is 1. The van der Waals surface area contributed by atoms with E-state index in [4.69, 9.17) is 4.74 Å². The highest BCUT2D eigenvalue weighted by Crippen LogP contribution is 2.26. The summed E-state index contributed by atoms with van der Waals surface area (Å²) >= 11 is 0. The number of hydrogen-bond acceptors (Lipinski definition) is 3. The highest BCUT2D eigenvalue weighted by atomic mass is 16.5. The zero-order chi connectivity index (χ0) is 14.4. The number of benzene rings is 1. The fraction of sp³-hybridized carbons (Fsp3) is 0.588. The summed E-state index contributed by atoms with van der Waals surface area (Å²) in [5.74, 6) is 0.610. The lowest BCUT2D eigenvalue weighted by Crippen LogP contribution is -2.13. The maximum atomic E-state index is 11.7. The van der Waals surface area contributed by atoms with Crippen molar-refractivity contribution in [1.82, 2.24) is 0 Å². The molecule has 1 saturated carbocycles. The molecule has 0 heterocycles. The van der Waals surface area contributed by atoms with Crippen LogP contribution in [0, 0.1) is 12.8 Å². The molecule has 0 unspecified atom stereocenters. The van der Waals surface area contributed by atoms with Crippen LogP contribution in [0.4, 0.5) is 5.69 Å². The molecule has 1 fully saturated rings. The Balaban J connectivity index is 1.90. The van der Waals surface area contributed by atoms with Crippen LogP contribution in [0.5, 0.6) is 0 Å². The monoisotopic (exact) mass is 275 g/mol. The van der Waals surface area contributed by atoms with Crippen molar-refractivity contribution in [3.05, 3.63) is 29.3 Å². The highest BCUT2D eigenvalue weighted by molar-refractivity contribution is 5.92. The van der Waals surface area contributed by atoms with Gasteiger partial charge in [0.05, 0.1) is 12.7 Å². The van der Waals surface area contributed by atoms with Crippen molar-refractivity contribution in [2.75, 3.05) is 19.0 Å². The first-order valence-corrected chi connectivity index (χ1v) is 7.64. The maximum Gasteiger partial charge on any atom is 0.338 e. The summed E-state index contributed by atoms with van der Waals surface area (Å²) in [4.78, 5) is 11.7. The molecule has 2 rings (SSSR count). The third-order valence-electron chi connectivity index (χ3n) is 4.33. The number of rotatable bonds is 5. The largest absolute Gasteiger partial charge is 0.465 e. The maximum absolute atomic E-state index is 11.7. The number of esters is 1. The van der Waals surface area contributed by atoms with Crippen LogP contribution in [-0.2, 0) is 4.74 Å². The van der Waals surface area contributed by atoms with E-state index >= 15 is 0 Å². The van der Waals surface area contributed by atoms with Gasteiger partial charge >= 0.3 is 5.97 Å². The Morgan fingerprint density at radius 1 is 1.30 bits per heavy atom. The normalized spacial score (nSPS) is 15.9. The number of carbonyl (C=O) groups is 1. The van der Waals surface area contributed by atoms with Crippen LogP contribution >= 0.6 is 0 Å². The Hall–Kier alpha value is -1.51. The molecule has 110 valence electrons. The molecular formula is C17H25NO2. The minimum atomic E-state index is -0.265. The van der Waals surface area contributed by atoms with Crippen molar-refractivity contribution in [2.24, 2.45) is 5.92 Å². The zero-order valence-corrected chi connectivity index (χ0v) is 12.6. The highest BCUT2D eigenvalue weighted by Gasteiger charge is 2.14. The van der Waals surface area contributed by atoms with Crippen molar-refractivity contribution in [2.45, 2.75) is 45.4 Å². The molecule has 0 spiro atoms. The summed E-state index contributed by atoms with van der Waals surface area (Å²) in [6.45, 7) is 2.95. The summed E-state index contributed by atoms with van der Waals surface area (Å²) in [7, 11) is 1.42. The molecule has 0 atom stereocenters. The van der Waals surface area contributed by atoms with Crippen molar-refractivity contribution >= 4 is 11.7 Å². The number of carbonyl (C=O) groups excluding carboxylic acids is 1. The number of anilines is 1. The third kappa shape index (κ3) is 3.75. The lowest BCUT2D eigenvalue weighted by atomic mass is 9.87. The second-order valence-corrected chi connectivity index (χ2v) is 5.69. The zero-order valence-electron chi connectivity index (χ0n) is 12.6. The van der Waals surface area contributed by atoms with E-state index in [0.717, 1.165) is 23.7 Å². The summed E-state index contributed by atoms with van der Waals surface area (Å²) in [6, 6.07) is 5.75. The fourth-order valence-corrected chi connectivity index (χ4v) is 3.05. The van der Waals surface area contributed by atoms with E-state index in [1.54, 1.807) is 0 Å². The van der Waals surface area contributed by atoms with Gasteiger partial charge in [0, 0.05) is 12.2 Å². The first kappa shape index (κ1) is 14.9. The van der Waals surface area contributed by atoms with E-state index in [0.29, 0.717) is 5.56 Å². The van der Waals surface area contributed by atoms with Gasteiger partial charge in [-0.25, -0.2) is 4.79 Å². The minimum absolute atomic E-state index is 0.265. The van der Waals surface area contributed by atoms with Crippen molar-refractivity contribution in [3.63, 3.8) is 0 Å². The molecule has 0 aliphatic heterocycles. The number of hydrogen-bond donors (Lipinski definition) is 1. The molecule has 20 heavy (non-hydrogen) atoms. The molecule has 3 heteroatoms. The predicted molar refractivity (Wildman–Crippen MR) is 82.2 cm³/mol. The molecule has 0 saturated heterocycles. The van der Waals surface area contributed by atoms with Crippen LogP contribution in [0.3, 0.4) is 0 Å². The average Bonchev–Trinajstić information content (AvgIpc) is 2.49. The van der Waals surface area contributed by atoms with Crippen LogP contribution in [0.15, 0.2) is 18.2 Å². The van der Waals surface area contributed by atoms with Gasteiger partial charge in [0.2, 0.25) is 0 Å². The first-order chi connectivity index (χ1) is 9.72. The Labute approximate surface area is 121 Å². The summed E-state index contributed by atoms with van der Waals surface area (Å²) < 4.78 is 4.81. The standard InChI is InChI=1S/C17H25NO2/c1-13-15(17(19)20-2)9-6-10-16(13)18-12-11-14-7-4-3-5-8-14/h6,9-10,14,18H,3-5,7-8,11-12H2,1-2H3. The Bertz CT molecular complexity index is 450. The topological polar surface area (TPSA) is 38.3 Å². The molecule has 3 nitrogen and oxygen atoms in total. The molecule has 0 radical (unpaired) electrons. The molecule has 0 aromatic heterocycles. The Morgan fingerprint density at radius 2 is 2.05 bits per heavy atom. The van der Waals surface area contributed by atoms with Gasteiger partial charge in [-0.05, 0) is 37.0 Å². The molecular weight excluding hydrogens is 250 g/mol. The van der Waals surface area contributed by atoms with Gasteiger partial charge in [-0.15, -0.1) is 0 Å². The van der Waals surface area contributed by atoms with Crippen molar-refractivity contribution in [1.29, 1.82) is 0 Å². The van der Waals surface area contributed by atoms with Crippen LogP contribution < -0.4 is 5.32 Å². The lowest BCUT2D eigenvalue weighted by Gasteiger charge is -2.22. The van der Waals surface area contributed by atoms with E-state index < -0.39 is 0 Å². The molecule has 1 aliphatic carbocycles. The van der Waals surface area contributed by atoms with Gasteiger partial charge in [0.1, 0.15) is 0 Å². The van der Waals surface area contributed by atoms with Crippen LogP contribution in [0.1, 0.15) is 54.4 Å². The second-order valence-electron chi connectivity index (χ2n) is 5.69. The summed E-state index contributed by atoms with van der Waals surface area (Å²) in [5, 5.41) is 3.47. The number of ether oxygens (including phenoxy) is 1. The van der Waals surface area contributed by atoms with Gasteiger partial charge in [-0.3, -0.25) is 0 Å². The molecule has 1 N–H and O–H groups in total. The predicted octanol–water partition coefficient (Wildman–Crippen LogP) is 4.16. The molecule has 0 amide bonds. The van der Waals surface area contributed by atoms with Crippen LogP contribution in [0.2, 0.25) is 0 Å². The van der Waals surface area contributed by atoms with Gasteiger partial charge in [-0.2, -0.15) is 0 Å². The third-order valence-corrected chi connectivity index (χ3v) is 4.33. The van der Waals surface area contributed by atoms with Gasteiger partial charge < -0.3 is 10.1 Å². The summed E-state index contributed by atoms with van der Waals surface area (Å²) in [5.41, 5.74) is 2.67. The Kier molecular flexibility index (Phi) is 5.45. The van der Waals surface area contributed by atoms with E-state index in [2.05, 4.69) is 5.32 Å². The summed E-state index contributed by atoms with van der Waals surface area (Å²) in [6.07, 6.45) is 8.17.